The van der Waals surface area contributed by atoms with Gasteiger partial charge in [-0.05, 0) is 67.0 Å². The maximum Gasteiger partial charge on any atom is 0.410 e. The number of halogens is 1. The second-order valence-corrected chi connectivity index (χ2v) is 7.27. The Morgan fingerprint density at radius 1 is 1.45 bits per heavy atom. The first-order chi connectivity index (χ1) is 9.28. The maximum atomic E-state index is 12.3. The molecular weight excluding hydrogens is 367 g/mol. The van der Waals surface area contributed by atoms with Crippen molar-refractivity contribution >= 4 is 28.7 Å². The van der Waals surface area contributed by atoms with E-state index in [4.69, 9.17) is 10.5 Å². The molecule has 2 rings (SSSR count). The normalized spacial score (nSPS) is 19.2. The van der Waals surface area contributed by atoms with Crippen molar-refractivity contribution in [2.75, 3.05) is 6.54 Å². The van der Waals surface area contributed by atoms with Crippen LogP contribution in [0.5, 0.6) is 0 Å². The summed E-state index contributed by atoms with van der Waals surface area (Å²) in [5.41, 5.74) is 8.03. The minimum absolute atomic E-state index is 0.0212. The Kier molecular flexibility index (Phi) is 4.59. The predicted molar refractivity (Wildman–Crippen MR) is 87.3 cm³/mol. The van der Waals surface area contributed by atoms with Crippen LogP contribution in [0.1, 0.15) is 44.4 Å². The maximum absolute atomic E-state index is 12.3. The summed E-state index contributed by atoms with van der Waals surface area (Å²) in [6.07, 6.45) is 0.490. The van der Waals surface area contributed by atoms with Crippen molar-refractivity contribution in [3.63, 3.8) is 0 Å². The molecule has 110 valence electrons. The summed E-state index contributed by atoms with van der Waals surface area (Å²) in [5, 5.41) is 0. The molecular formula is C15H21IN2O2. The lowest BCUT2D eigenvalue weighted by Crippen LogP contribution is -2.36. The van der Waals surface area contributed by atoms with Crippen LogP contribution in [0, 0.1) is 3.57 Å². The van der Waals surface area contributed by atoms with Gasteiger partial charge < -0.3 is 15.4 Å². The fourth-order valence-electron chi connectivity index (χ4n) is 2.29. The third-order valence-electron chi connectivity index (χ3n) is 3.27. The molecule has 1 amide bonds. The van der Waals surface area contributed by atoms with E-state index in [0.717, 1.165) is 21.1 Å². The number of benzene rings is 1. The van der Waals surface area contributed by atoms with Crippen molar-refractivity contribution < 1.29 is 9.53 Å². The van der Waals surface area contributed by atoms with E-state index in [0.29, 0.717) is 13.1 Å². The van der Waals surface area contributed by atoms with E-state index in [1.165, 1.54) is 0 Å². The molecule has 4 nitrogen and oxygen atoms in total. The zero-order chi connectivity index (χ0) is 14.9. The highest BCUT2D eigenvalue weighted by molar-refractivity contribution is 14.1. The molecule has 20 heavy (non-hydrogen) atoms. The predicted octanol–water partition coefficient (Wildman–Crippen LogP) is 3.43. The van der Waals surface area contributed by atoms with E-state index in [2.05, 4.69) is 28.7 Å². The Bertz CT molecular complexity index is 511. The number of fused-ring (bicyclic) bond motifs is 1. The lowest BCUT2D eigenvalue weighted by Gasteiger charge is -2.26. The van der Waals surface area contributed by atoms with Crippen LogP contribution in [0.4, 0.5) is 4.79 Å². The number of ether oxygens (including phenoxy) is 1. The van der Waals surface area contributed by atoms with Gasteiger partial charge in [0.05, 0.1) is 6.54 Å². The van der Waals surface area contributed by atoms with Crippen molar-refractivity contribution in [1.29, 1.82) is 0 Å². The molecule has 0 bridgehead atoms. The largest absolute Gasteiger partial charge is 0.444 e. The zero-order valence-corrected chi connectivity index (χ0v) is 14.3. The molecule has 0 fully saturated rings. The smallest absolute Gasteiger partial charge is 0.410 e. The highest BCUT2D eigenvalue weighted by Crippen LogP contribution is 2.29. The van der Waals surface area contributed by atoms with Crippen molar-refractivity contribution in [3.8, 4) is 0 Å². The van der Waals surface area contributed by atoms with Crippen LogP contribution in [0.25, 0.3) is 0 Å². The molecule has 1 aliphatic rings. The number of nitrogens with zero attached hydrogens (tertiary/aromatic N) is 1. The molecule has 1 atom stereocenters. The molecule has 1 heterocycles. The van der Waals surface area contributed by atoms with Gasteiger partial charge in [-0.1, -0.05) is 12.1 Å². The number of rotatable bonds is 0. The summed E-state index contributed by atoms with van der Waals surface area (Å²) in [6, 6.07) is 6.10. The molecule has 0 aliphatic carbocycles. The Balaban J connectivity index is 2.24. The number of carbonyl (C=O) groups is 1. The third kappa shape index (κ3) is 3.63. The first kappa shape index (κ1) is 15.6. The van der Waals surface area contributed by atoms with Crippen LogP contribution in [0.2, 0.25) is 0 Å². The average molecular weight is 388 g/mol. The van der Waals surface area contributed by atoms with Crippen molar-refractivity contribution in [1.82, 2.24) is 4.90 Å². The van der Waals surface area contributed by atoms with Crippen molar-refractivity contribution in [3.05, 3.63) is 32.9 Å². The average Bonchev–Trinajstić information content (AvgIpc) is 2.49. The fourth-order valence-corrected chi connectivity index (χ4v) is 2.98. The molecule has 1 unspecified atom stereocenters. The summed E-state index contributed by atoms with van der Waals surface area (Å²) in [5.74, 6) is 0. The third-order valence-corrected chi connectivity index (χ3v) is 4.28. The van der Waals surface area contributed by atoms with Gasteiger partial charge in [0.15, 0.2) is 0 Å². The highest BCUT2D eigenvalue weighted by Gasteiger charge is 2.27. The summed E-state index contributed by atoms with van der Waals surface area (Å²) >= 11 is 2.30. The quantitative estimate of drug-likeness (QED) is 0.693. The van der Waals surface area contributed by atoms with Gasteiger partial charge in [0.2, 0.25) is 0 Å². The van der Waals surface area contributed by atoms with Gasteiger partial charge in [-0.3, -0.25) is 0 Å². The molecule has 1 aromatic carbocycles. The van der Waals surface area contributed by atoms with Gasteiger partial charge in [-0.15, -0.1) is 0 Å². The van der Waals surface area contributed by atoms with Crippen molar-refractivity contribution in [2.45, 2.75) is 45.4 Å². The van der Waals surface area contributed by atoms with E-state index >= 15 is 0 Å². The van der Waals surface area contributed by atoms with E-state index in [-0.39, 0.29) is 12.1 Å². The second-order valence-electron chi connectivity index (χ2n) is 6.10. The Labute approximate surface area is 133 Å². The minimum Gasteiger partial charge on any atom is -0.444 e. The molecule has 0 spiro atoms. The molecule has 0 saturated heterocycles. The zero-order valence-electron chi connectivity index (χ0n) is 12.1. The highest BCUT2D eigenvalue weighted by atomic mass is 127. The molecule has 5 heteroatoms. The van der Waals surface area contributed by atoms with Gasteiger partial charge >= 0.3 is 6.09 Å². The molecule has 0 aromatic heterocycles. The summed E-state index contributed by atoms with van der Waals surface area (Å²) < 4.78 is 6.61. The second kappa shape index (κ2) is 5.89. The van der Waals surface area contributed by atoms with Gasteiger partial charge in [0.25, 0.3) is 0 Å². The van der Waals surface area contributed by atoms with E-state index < -0.39 is 5.60 Å². The first-order valence-electron chi connectivity index (χ1n) is 6.79. The number of carbonyl (C=O) groups excluding carboxylic acids is 1. The van der Waals surface area contributed by atoms with Gasteiger partial charge in [-0.2, -0.15) is 0 Å². The monoisotopic (exact) mass is 388 g/mol. The number of hydrogen-bond acceptors (Lipinski definition) is 3. The molecule has 2 N–H and O–H groups in total. The first-order valence-corrected chi connectivity index (χ1v) is 7.86. The van der Waals surface area contributed by atoms with Crippen LogP contribution < -0.4 is 5.73 Å². The Morgan fingerprint density at radius 3 is 2.80 bits per heavy atom. The van der Waals surface area contributed by atoms with Crippen LogP contribution in [-0.4, -0.2) is 23.1 Å². The molecule has 0 radical (unpaired) electrons. The summed E-state index contributed by atoms with van der Waals surface area (Å²) in [7, 11) is 0. The van der Waals surface area contributed by atoms with Gasteiger partial charge in [-0.25, -0.2) is 4.79 Å². The lowest BCUT2D eigenvalue weighted by atomic mass is 10.0. The van der Waals surface area contributed by atoms with Crippen LogP contribution >= 0.6 is 22.6 Å². The topological polar surface area (TPSA) is 55.6 Å². The molecule has 1 aromatic rings. The van der Waals surface area contributed by atoms with Crippen molar-refractivity contribution in [2.24, 2.45) is 5.73 Å². The van der Waals surface area contributed by atoms with E-state index in [1.807, 2.05) is 32.9 Å². The summed E-state index contributed by atoms with van der Waals surface area (Å²) in [6.45, 7) is 6.84. The minimum atomic E-state index is -0.474. The van der Waals surface area contributed by atoms with E-state index in [9.17, 15) is 4.79 Å². The van der Waals surface area contributed by atoms with Gasteiger partial charge in [0, 0.05) is 16.2 Å². The SMILES string of the molecule is CC(C)(C)OC(=O)N1CCC(N)c2cccc(I)c2C1. The standard InChI is InChI=1S/C15H21IN2O2/c1-15(2,3)20-14(19)18-8-7-13(17)10-5-4-6-12(16)11(10)9-18/h4-6,13H,7-9,17H2,1-3H3. The van der Waals surface area contributed by atoms with Gasteiger partial charge in [0.1, 0.15) is 5.60 Å². The molecule has 1 aliphatic heterocycles. The van der Waals surface area contributed by atoms with Crippen LogP contribution in [0.3, 0.4) is 0 Å². The Hall–Kier alpha value is -0.820. The molecule has 0 saturated carbocycles. The Morgan fingerprint density at radius 2 is 2.15 bits per heavy atom. The number of nitrogens with two attached hydrogens (primary N) is 1. The number of hydrogen-bond donors (Lipinski definition) is 1. The van der Waals surface area contributed by atoms with Crippen LogP contribution in [-0.2, 0) is 11.3 Å². The van der Waals surface area contributed by atoms with Crippen LogP contribution in [0.15, 0.2) is 18.2 Å². The summed E-state index contributed by atoms with van der Waals surface area (Å²) in [4.78, 5) is 14.0. The number of amides is 1. The lowest BCUT2D eigenvalue weighted by molar-refractivity contribution is 0.0234. The van der Waals surface area contributed by atoms with E-state index in [1.54, 1.807) is 4.90 Å². The fraction of sp³-hybridized carbons (Fsp3) is 0.533.